The Morgan fingerprint density at radius 2 is 1.70 bits per heavy atom. The molecule has 0 aliphatic rings. The van der Waals surface area contributed by atoms with Crippen molar-refractivity contribution < 1.29 is 27.5 Å². The summed E-state index contributed by atoms with van der Waals surface area (Å²) in [7, 11) is -3.98. The molecule has 1 aromatic carbocycles. The minimum absolute atomic E-state index is 0.0485. The number of rotatable bonds is 9. The highest BCUT2D eigenvalue weighted by Crippen LogP contribution is 2.14. The van der Waals surface area contributed by atoms with Crippen LogP contribution in [0, 0.1) is 0 Å². The number of carbonyl (C=O) groups is 3. The van der Waals surface area contributed by atoms with Gasteiger partial charge in [0.1, 0.15) is 6.04 Å². The van der Waals surface area contributed by atoms with Crippen LogP contribution in [0.3, 0.4) is 0 Å². The average Bonchev–Trinajstić information content (AvgIpc) is 2.59. The summed E-state index contributed by atoms with van der Waals surface area (Å²) >= 11 is 0. The Kier molecular flexibility index (Phi) is 8.38. The molecule has 1 aromatic rings. The molecular formula is C17H25N3O6S. The fourth-order valence-electron chi connectivity index (χ4n) is 1.95. The van der Waals surface area contributed by atoms with E-state index in [9.17, 15) is 22.8 Å². The molecular weight excluding hydrogens is 374 g/mol. The van der Waals surface area contributed by atoms with E-state index >= 15 is 0 Å². The minimum Gasteiger partial charge on any atom is -0.454 e. The molecule has 10 heteroatoms. The molecule has 0 heterocycles. The smallest absolute Gasteiger partial charge is 0.324 e. The molecule has 0 aliphatic carbocycles. The number of hydrogen-bond donors (Lipinski definition) is 3. The van der Waals surface area contributed by atoms with Gasteiger partial charge in [-0.15, -0.1) is 0 Å². The summed E-state index contributed by atoms with van der Waals surface area (Å²) < 4.78 is 31.7. The lowest BCUT2D eigenvalue weighted by Crippen LogP contribution is -2.41. The van der Waals surface area contributed by atoms with Gasteiger partial charge in [-0.2, -0.15) is 4.72 Å². The van der Waals surface area contributed by atoms with Crippen LogP contribution >= 0.6 is 0 Å². The van der Waals surface area contributed by atoms with E-state index in [1.807, 2.05) is 13.8 Å². The zero-order chi connectivity index (χ0) is 20.6. The van der Waals surface area contributed by atoms with Gasteiger partial charge < -0.3 is 15.4 Å². The van der Waals surface area contributed by atoms with Crippen LogP contribution < -0.4 is 15.4 Å². The van der Waals surface area contributed by atoms with Crippen molar-refractivity contribution in [2.75, 3.05) is 11.9 Å². The fraction of sp³-hybridized carbons (Fsp3) is 0.471. The molecule has 1 rings (SSSR count). The van der Waals surface area contributed by atoms with Crippen molar-refractivity contribution in [3.63, 3.8) is 0 Å². The Labute approximate surface area is 158 Å². The quantitative estimate of drug-likeness (QED) is 0.526. The van der Waals surface area contributed by atoms with E-state index in [0.29, 0.717) is 5.69 Å². The molecule has 0 unspecified atom stereocenters. The van der Waals surface area contributed by atoms with Crippen LogP contribution in [0.1, 0.15) is 34.1 Å². The Bertz CT molecular complexity index is 776. The largest absolute Gasteiger partial charge is 0.454 e. The van der Waals surface area contributed by atoms with Crippen molar-refractivity contribution >= 4 is 33.5 Å². The van der Waals surface area contributed by atoms with Crippen molar-refractivity contribution in [2.45, 2.75) is 51.1 Å². The number of nitrogens with one attached hydrogen (secondary N) is 3. The second-order valence-electron chi connectivity index (χ2n) is 6.03. The van der Waals surface area contributed by atoms with Gasteiger partial charge in [-0.25, -0.2) is 8.42 Å². The lowest BCUT2D eigenvalue weighted by molar-refractivity contribution is -0.149. The predicted octanol–water partition coefficient (Wildman–Crippen LogP) is 0.770. The normalized spacial score (nSPS) is 13.3. The van der Waals surface area contributed by atoms with Crippen LogP contribution in [-0.4, -0.2) is 44.9 Å². The third kappa shape index (κ3) is 7.75. The maximum Gasteiger partial charge on any atom is 0.324 e. The van der Waals surface area contributed by atoms with Crippen LogP contribution in [0.5, 0.6) is 0 Å². The summed E-state index contributed by atoms with van der Waals surface area (Å²) in [5.41, 5.74) is 0.446. The van der Waals surface area contributed by atoms with Gasteiger partial charge in [0.15, 0.2) is 6.61 Å². The Balaban J connectivity index is 2.63. The lowest BCUT2D eigenvalue weighted by atomic mass is 10.2. The predicted molar refractivity (Wildman–Crippen MR) is 99.4 cm³/mol. The maximum atomic E-state index is 12.3. The van der Waals surface area contributed by atoms with Gasteiger partial charge in [0.05, 0.1) is 4.90 Å². The van der Waals surface area contributed by atoms with Crippen LogP contribution in [-0.2, 0) is 29.1 Å². The van der Waals surface area contributed by atoms with Crippen molar-refractivity contribution in [2.24, 2.45) is 0 Å². The summed E-state index contributed by atoms with van der Waals surface area (Å²) in [6.45, 7) is 5.88. The van der Waals surface area contributed by atoms with Gasteiger partial charge in [0.2, 0.25) is 15.9 Å². The van der Waals surface area contributed by atoms with E-state index in [2.05, 4.69) is 15.4 Å². The third-order valence-electron chi connectivity index (χ3n) is 3.54. The summed E-state index contributed by atoms with van der Waals surface area (Å²) in [6, 6.07) is 4.22. The van der Waals surface area contributed by atoms with Crippen molar-refractivity contribution in [3.8, 4) is 0 Å². The van der Waals surface area contributed by atoms with Crippen molar-refractivity contribution in [1.82, 2.24) is 10.0 Å². The first-order valence-corrected chi connectivity index (χ1v) is 9.89. The molecule has 3 N–H and O–H groups in total. The third-order valence-corrected chi connectivity index (χ3v) is 5.09. The second-order valence-corrected chi connectivity index (χ2v) is 7.75. The first kappa shape index (κ1) is 22.6. The monoisotopic (exact) mass is 399 g/mol. The number of amides is 2. The highest BCUT2D eigenvalue weighted by atomic mass is 32.2. The van der Waals surface area contributed by atoms with E-state index in [1.165, 1.54) is 38.1 Å². The molecule has 0 spiro atoms. The van der Waals surface area contributed by atoms with Crippen molar-refractivity contribution in [1.29, 1.82) is 0 Å². The Morgan fingerprint density at radius 3 is 2.22 bits per heavy atom. The van der Waals surface area contributed by atoms with Crippen LogP contribution in [0.2, 0.25) is 0 Å². The SMILES string of the molecule is CC[C@@H](C)NC(=O)COC(=O)[C@H](C)NS(=O)(=O)c1ccc(NC(C)=O)cc1. The molecule has 0 aliphatic heterocycles. The van der Waals surface area contributed by atoms with Gasteiger partial charge >= 0.3 is 5.97 Å². The van der Waals surface area contributed by atoms with Gasteiger partial charge in [-0.1, -0.05) is 6.92 Å². The molecule has 2 atom stereocenters. The molecule has 0 bridgehead atoms. The summed E-state index contributed by atoms with van der Waals surface area (Å²) in [5, 5.41) is 5.15. The first-order chi connectivity index (χ1) is 12.5. The van der Waals surface area contributed by atoms with Gasteiger partial charge in [0.25, 0.3) is 5.91 Å². The van der Waals surface area contributed by atoms with Gasteiger partial charge in [-0.3, -0.25) is 14.4 Å². The van der Waals surface area contributed by atoms with E-state index in [1.54, 1.807) is 0 Å². The molecule has 27 heavy (non-hydrogen) atoms. The number of carbonyl (C=O) groups excluding carboxylic acids is 3. The van der Waals surface area contributed by atoms with Crippen LogP contribution in [0.4, 0.5) is 5.69 Å². The Morgan fingerprint density at radius 1 is 1.11 bits per heavy atom. The summed E-state index contributed by atoms with van der Waals surface area (Å²) in [4.78, 5) is 34.4. The van der Waals surface area contributed by atoms with Crippen molar-refractivity contribution in [3.05, 3.63) is 24.3 Å². The minimum atomic E-state index is -3.98. The van der Waals surface area contributed by atoms with E-state index < -0.39 is 34.5 Å². The molecule has 9 nitrogen and oxygen atoms in total. The summed E-state index contributed by atoms with van der Waals surface area (Å²) in [5.74, 6) is -1.61. The molecule has 0 saturated heterocycles. The number of esters is 1. The topological polar surface area (TPSA) is 131 Å². The molecule has 0 aromatic heterocycles. The average molecular weight is 399 g/mol. The molecule has 0 radical (unpaired) electrons. The van der Waals surface area contributed by atoms with Gasteiger partial charge in [0, 0.05) is 18.7 Å². The fourth-order valence-corrected chi connectivity index (χ4v) is 3.14. The molecule has 150 valence electrons. The standard InChI is InChI=1S/C17H25N3O6S/c1-5-11(2)18-16(22)10-26-17(23)12(3)20-27(24,25)15-8-6-14(7-9-15)19-13(4)21/h6-9,11-12,20H,5,10H2,1-4H3,(H,18,22)(H,19,21)/t11-,12+/m1/s1. The van der Waals surface area contributed by atoms with E-state index in [-0.39, 0.29) is 16.8 Å². The second kappa shape index (κ2) is 10.0. The number of benzene rings is 1. The van der Waals surface area contributed by atoms with E-state index in [0.717, 1.165) is 6.42 Å². The first-order valence-electron chi connectivity index (χ1n) is 8.41. The number of hydrogen-bond acceptors (Lipinski definition) is 6. The zero-order valence-corrected chi connectivity index (χ0v) is 16.6. The van der Waals surface area contributed by atoms with Crippen LogP contribution in [0.15, 0.2) is 29.2 Å². The summed E-state index contributed by atoms with van der Waals surface area (Å²) in [6.07, 6.45) is 0.733. The lowest BCUT2D eigenvalue weighted by Gasteiger charge is -2.15. The molecule has 0 fully saturated rings. The molecule has 0 saturated carbocycles. The highest BCUT2D eigenvalue weighted by Gasteiger charge is 2.23. The van der Waals surface area contributed by atoms with Crippen LogP contribution in [0.25, 0.3) is 0 Å². The number of sulfonamides is 1. The maximum absolute atomic E-state index is 12.3. The van der Waals surface area contributed by atoms with Gasteiger partial charge in [-0.05, 0) is 44.5 Å². The highest BCUT2D eigenvalue weighted by molar-refractivity contribution is 7.89. The van der Waals surface area contributed by atoms with E-state index in [4.69, 9.17) is 4.74 Å². The zero-order valence-electron chi connectivity index (χ0n) is 15.7. The number of ether oxygens (including phenoxy) is 1. The number of anilines is 1. The molecule has 2 amide bonds. The Hall–Kier alpha value is -2.46.